The lowest BCUT2D eigenvalue weighted by Gasteiger charge is -2.30. The van der Waals surface area contributed by atoms with Crippen LogP contribution in [-0.2, 0) is 11.3 Å². The summed E-state index contributed by atoms with van der Waals surface area (Å²) in [5.74, 6) is 0.357. The molecule has 2 atom stereocenters. The Morgan fingerprint density at radius 3 is 2.91 bits per heavy atom. The summed E-state index contributed by atoms with van der Waals surface area (Å²) in [6.07, 6.45) is 6.70. The van der Waals surface area contributed by atoms with E-state index in [1.165, 1.54) is 31.2 Å². The van der Waals surface area contributed by atoms with Crippen LogP contribution in [0.25, 0.3) is 0 Å². The summed E-state index contributed by atoms with van der Waals surface area (Å²) >= 11 is 1.73. The van der Waals surface area contributed by atoms with Crippen LogP contribution >= 0.6 is 11.3 Å². The highest BCUT2D eigenvalue weighted by Crippen LogP contribution is 2.56. The number of thiophene rings is 1. The van der Waals surface area contributed by atoms with Crippen molar-refractivity contribution in [1.82, 2.24) is 15.5 Å². The largest absolute Gasteiger partial charge is 0.335 e. The van der Waals surface area contributed by atoms with Gasteiger partial charge < -0.3 is 15.5 Å². The lowest BCUT2D eigenvalue weighted by atomic mass is 9.93. The van der Waals surface area contributed by atoms with Crippen LogP contribution in [-0.4, -0.2) is 42.5 Å². The van der Waals surface area contributed by atoms with Gasteiger partial charge in [0.15, 0.2) is 0 Å². The predicted octanol–water partition coefficient (Wildman–Crippen LogP) is 2.36. The zero-order valence-electron chi connectivity index (χ0n) is 13.7. The minimum atomic E-state index is 0.357. The minimum absolute atomic E-state index is 0.357. The summed E-state index contributed by atoms with van der Waals surface area (Å²) in [5, 5.41) is 11.2. The highest BCUT2D eigenvalue weighted by Gasteiger charge is 2.57. The number of hydrogen-bond acceptors (Lipinski definition) is 4. The number of carbonyl (C=O) groups is 1. The number of amides is 1. The first kappa shape index (κ1) is 15.6. The van der Waals surface area contributed by atoms with Crippen molar-refractivity contribution in [3.8, 4) is 0 Å². The fourth-order valence-corrected chi connectivity index (χ4v) is 5.10. The Balaban J connectivity index is 1.46. The molecule has 3 aliphatic rings. The van der Waals surface area contributed by atoms with Crippen LogP contribution in [0.2, 0.25) is 0 Å². The van der Waals surface area contributed by atoms with E-state index in [1.54, 1.807) is 11.3 Å². The second-order valence-corrected chi connectivity index (χ2v) is 8.26. The van der Waals surface area contributed by atoms with Crippen LogP contribution in [0.15, 0.2) is 16.8 Å². The SMILES string of the molecule is O=C(C[C@H]1CCCN1)N(Cc1ccsc1)[C@@H]1CC12CCNCC2. The topological polar surface area (TPSA) is 44.4 Å². The zero-order chi connectivity index (χ0) is 15.7. The molecule has 2 aliphatic heterocycles. The molecule has 0 bridgehead atoms. The third kappa shape index (κ3) is 3.32. The molecule has 1 spiro atoms. The molecule has 3 fully saturated rings. The van der Waals surface area contributed by atoms with Gasteiger partial charge in [-0.3, -0.25) is 4.79 Å². The van der Waals surface area contributed by atoms with Gasteiger partial charge in [0.2, 0.25) is 5.91 Å². The van der Waals surface area contributed by atoms with Gasteiger partial charge in [-0.25, -0.2) is 0 Å². The van der Waals surface area contributed by atoms with Gasteiger partial charge in [0.1, 0.15) is 0 Å². The number of nitrogens with one attached hydrogen (secondary N) is 2. The van der Waals surface area contributed by atoms with Gasteiger partial charge in [-0.1, -0.05) is 0 Å². The van der Waals surface area contributed by atoms with E-state index in [2.05, 4.69) is 32.4 Å². The van der Waals surface area contributed by atoms with Crippen molar-refractivity contribution < 1.29 is 4.79 Å². The molecule has 4 nitrogen and oxygen atoms in total. The smallest absolute Gasteiger partial charge is 0.224 e. The average Bonchev–Trinajstić information content (AvgIpc) is 2.99. The Labute approximate surface area is 142 Å². The van der Waals surface area contributed by atoms with Crippen molar-refractivity contribution in [1.29, 1.82) is 0 Å². The summed E-state index contributed by atoms with van der Waals surface area (Å²) in [7, 11) is 0. The molecule has 2 N–H and O–H groups in total. The van der Waals surface area contributed by atoms with Crippen LogP contribution in [0.4, 0.5) is 0 Å². The van der Waals surface area contributed by atoms with Crippen LogP contribution in [0.1, 0.15) is 44.1 Å². The van der Waals surface area contributed by atoms with Gasteiger partial charge in [-0.15, -0.1) is 0 Å². The van der Waals surface area contributed by atoms with E-state index in [0.29, 0.717) is 29.8 Å². The van der Waals surface area contributed by atoms with Crippen LogP contribution in [0.3, 0.4) is 0 Å². The zero-order valence-corrected chi connectivity index (χ0v) is 14.5. The second kappa shape index (κ2) is 6.54. The van der Waals surface area contributed by atoms with Crippen molar-refractivity contribution in [2.45, 2.75) is 57.2 Å². The van der Waals surface area contributed by atoms with Crippen molar-refractivity contribution >= 4 is 17.2 Å². The van der Waals surface area contributed by atoms with E-state index in [0.717, 1.165) is 32.6 Å². The van der Waals surface area contributed by atoms with E-state index in [9.17, 15) is 4.79 Å². The molecule has 1 aromatic heterocycles. The van der Waals surface area contributed by atoms with E-state index in [1.807, 2.05) is 0 Å². The summed E-state index contributed by atoms with van der Waals surface area (Å²) in [6.45, 7) is 4.10. The average molecular weight is 334 g/mol. The van der Waals surface area contributed by atoms with Gasteiger partial charge >= 0.3 is 0 Å². The normalized spacial score (nSPS) is 28.9. The molecule has 2 saturated heterocycles. The monoisotopic (exact) mass is 333 g/mol. The highest BCUT2D eigenvalue weighted by molar-refractivity contribution is 7.07. The summed E-state index contributed by atoms with van der Waals surface area (Å²) < 4.78 is 0. The second-order valence-electron chi connectivity index (χ2n) is 7.48. The number of carbonyl (C=O) groups excluding carboxylic acids is 1. The van der Waals surface area contributed by atoms with Crippen molar-refractivity contribution in [2.75, 3.05) is 19.6 Å². The van der Waals surface area contributed by atoms with Crippen LogP contribution < -0.4 is 10.6 Å². The first-order valence-electron chi connectivity index (χ1n) is 9.01. The number of nitrogens with zero attached hydrogens (tertiary/aromatic N) is 1. The first-order chi connectivity index (χ1) is 11.3. The third-order valence-electron chi connectivity index (χ3n) is 5.96. The van der Waals surface area contributed by atoms with Crippen molar-refractivity contribution in [3.63, 3.8) is 0 Å². The summed E-state index contributed by atoms with van der Waals surface area (Å²) in [4.78, 5) is 15.2. The van der Waals surface area contributed by atoms with Crippen LogP contribution in [0.5, 0.6) is 0 Å². The maximum atomic E-state index is 13.0. The van der Waals surface area contributed by atoms with Gasteiger partial charge in [0.05, 0.1) is 0 Å². The molecule has 0 radical (unpaired) electrons. The molecule has 5 heteroatoms. The highest BCUT2D eigenvalue weighted by atomic mass is 32.1. The Morgan fingerprint density at radius 1 is 1.35 bits per heavy atom. The van der Waals surface area contributed by atoms with Crippen molar-refractivity contribution in [3.05, 3.63) is 22.4 Å². The number of rotatable bonds is 5. The predicted molar refractivity (Wildman–Crippen MR) is 93.5 cm³/mol. The Hall–Kier alpha value is -0.910. The molecule has 4 rings (SSSR count). The van der Waals surface area contributed by atoms with Crippen LogP contribution in [0, 0.1) is 5.41 Å². The Kier molecular flexibility index (Phi) is 4.43. The van der Waals surface area contributed by atoms with Crippen molar-refractivity contribution in [2.24, 2.45) is 5.41 Å². The molecular formula is C18H27N3OS. The molecule has 0 aromatic carbocycles. The standard InChI is InChI=1S/C18H27N3OS/c22-17(10-15-2-1-6-20-15)21(12-14-3-9-23-13-14)16-11-18(16)4-7-19-8-5-18/h3,9,13,15-16,19-20H,1-2,4-8,10-12H2/t15-,16-/m1/s1. The quantitative estimate of drug-likeness (QED) is 0.869. The summed E-state index contributed by atoms with van der Waals surface area (Å²) in [6, 6.07) is 3.03. The Bertz CT molecular complexity index is 532. The third-order valence-corrected chi connectivity index (χ3v) is 6.69. The molecule has 1 aliphatic carbocycles. The molecule has 126 valence electrons. The first-order valence-corrected chi connectivity index (χ1v) is 9.96. The maximum absolute atomic E-state index is 13.0. The molecular weight excluding hydrogens is 306 g/mol. The van der Waals surface area contributed by atoms with E-state index < -0.39 is 0 Å². The molecule has 0 unspecified atom stereocenters. The van der Waals surface area contributed by atoms with E-state index in [4.69, 9.17) is 0 Å². The molecule has 3 heterocycles. The van der Waals surface area contributed by atoms with Gasteiger partial charge in [0, 0.05) is 25.0 Å². The van der Waals surface area contributed by atoms with Gasteiger partial charge in [-0.05, 0) is 79.5 Å². The molecule has 1 amide bonds. The van der Waals surface area contributed by atoms with E-state index >= 15 is 0 Å². The molecule has 1 aromatic rings. The number of hydrogen-bond donors (Lipinski definition) is 2. The molecule has 1 saturated carbocycles. The lowest BCUT2D eigenvalue weighted by molar-refractivity contribution is -0.133. The van der Waals surface area contributed by atoms with E-state index in [-0.39, 0.29) is 0 Å². The fraction of sp³-hybridized carbons (Fsp3) is 0.722. The van der Waals surface area contributed by atoms with Gasteiger partial charge in [0.25, 0.3) is 0 Å². The summed E-state index contributed by atoms with van der Waals surface area (Å²) in [5.41, 5.74) is 1.71. The minimum Gasteiger partial charge on any atom is -0.335 e. The number of piperidine rings is 1. The van der Waals surface area contributed by atoms with Gasteiger partial charge in [-0.2, -0.15) is 11.3 Å². The fourth-order valence-electron chi connectivity index (χ4n) is 4.44. The Morgan fingerprint density at radius 2 is 2.22 bits per heavy atom. The lowest BCUT2D eigenvalue weighted by Crippen LogP contribution is -2.41. The maximum Gasteiger partial charge on any atom is 0.224 e. The molecule has 23 heavy (non-hydrogen) atoms.